The molecular weight excluding hydrogens is 358 g/mol. The van der Waals surface area contributed by atoms with Crippen LogP contribution < -0.4 is 0 Å². The molecule has 0 radical (unpaired) electrons. The summed E-state index contributed by atoms with van der Waals surface area (Å²) < 4.78 is 96.6. The van der Waals surface area contributed by atoms with Gasteiger partial charge in [-0.3, -0.25) is 9.46 Å². The summed E-state index contributed by atoms with van der Waals surface area (Å²) in [6, 6.07) is 0. The Labute approximate surface area is 129 Å². The number of alkyl halides is 7. The lowest BCUT2D eigenvalue weighted by Gasteiger charge is -2.46. The molecule has 1 aliphatic heterocycles. The molecule has 0 aromatic heterocycles. The van der Waals surface area contributed by atoms with Crippen molar-refractivity contribution in [3.8, 4) is 0 Å². The fraction of sp³-hybridized carbons (Fsp3) is 1.00. The molecule has 1 atom stereocenters. The summed E-state index contributed by atoms with van der Waals surface area (Å²) in [4.78, 5) is 15.2. The van der Waals surface area contributed by atoms with Gasteiger partial charge < -0.3 is 9.79 Å². The van der Waals surface area contributed by atoms with Gasteiger partial charge in [-0.15, -0.1) is 0 Å². The summed E-state index contributed by atoms with van der Waals surface area (Å²) in [7, 11) is -3.13. The molecule has 1 unspecified atom stereocenters. The van der Waals surface area contributed by atoms with E-state index in [0.29, 0.717) is 12.8 Å². The Morgan fingerprint density at radius 2 is 1.65 bits per heavy atom. The van der Waals surface area contributed by atoms with Crippen LogP contribution in [0.15, 0.2) is 0 Å². The molecule has 23 heavy (non-hydrogen) atoms. The lowest BCUT2D eigenvalue weighted by Crippen LogP contribution is -2.56. The van der Waals surface area contributed by atoms with Crippen molar-refractivity contribution >= 4 is 8.25 Å². The number of hydrogen-bond acceptors (Lipinski definition) is 2. The first-order valence-corrected chi connectivity index (χ1v) is 7.89. The first-order valence-electron chi connectivity index (χ1n) is 6.59. The predicted octanol–water partition coefficient (Wildman–Crippen LogP) is 3.44. The van der Waals surface area contributed by atoms with E-state index in [4.69, 9.17) is 14.4 Å². The van der Waals surface area contributed by atoms with Crippen molar-refractivity contribution in [2.45, 2.75) is 56.7 Å². The van der Waals surface area contributed by atoms with Crippen molar-refractivity contribution in [3.05, 3.63) is 0 Å². The molecule has 0 amide bonds. The Balaban J connectivity index is 0.00000108. The molecule has 1 aliphatic rings. The van der Waals surface area contributed by atoms with Crippen molar-refractivity contribution < 1.29 is 45.1 Å². The Morgan fingerprint density at radius 3 is 2.04 bits per heavy atom. The summed E-state index contributed by atoms with van der Waals surface area (Å²) in [5.74, 6) is -4.27. The zero-order chi connectivity index (χ0) is 18.5. The predicted molar refractivity (Wildman–Crippen MR) is 68.9 cm³/mol. The first-order chi connectivity index (χ1) is 10.2. The Hall–Kier alpha value is -0.380. The molecule has 0 bridgehead atoms. The summed E-state index contributed by atoms with van der Waals surface area (Å²) >= 11 is 0. The van der Waals surface area contributed by atoms with Gasteiger partial charge in [-0.05, 0) is 26.3 Å². The highest BCUT2D eigenvalue weighted by Gasteiger charge is 2.50. The van der Waals surface area contributed by atoms with Gasteiger partial charge >= 0.3 is 26.8 Å². The van der Waals surface area contributed by atoms with E-state index in [9.17, 15) is 30.7 Å². The molecule has 1 fully saturated rings. The van der Waals surface area contributed by atoms with Gasteiger partial charge in [0.05, 0.1) is 6.54 Å². The van der Waals surface area contributed by atoms with Gasteiger partial charge in [-0.1, -0.05) is 6.42 Å². The van der Waals surface area contributed by atoms with Crippen LogP contribution in [0.3, 0.4) is 0 Å². The number of piperidine rings is 1. The van der Waals surface area contributed by atoms with Crippen LogP contribution in [-0.2, 0) is 4.57 Å². The largest absolute Gasteiger partial charge is 0.401 e. The van der Waals surface area contributed by atoms with E-state index in [1.165, 1.54) is 6.92 Å². The Kier molecular flexibility index (Phi) is 8.50. The first kappa shape index (κ1) is 22.6. The molecule has 1 heterocycles. The lowest BCUT2D eigenvalue weighted by molar-refractivity contribution is -0.187. The molecule has 1 rings (SSSR count). The number of hydrogen-bond donors (Lipinski definition) is 2. The topological polar surface area (TPSA) is 60.8 Å². The van der Waals surface area contributed by atoms with Gasteiger partial charge in [0.25, 0.3) is 0 Å². The minimum atomic E-state index is -4.53. The van der Waals surface area contributed by atoms with E-state index in [1.54, 1.807) is 0 Å². The Bertz CT molecular complexity index is 390. The maximum absolute atomic E-state index is 13.1. The maximum atomic E-state index is 13.1. The second-order valence-electron chi connectivity index (χ2n) is 5.51. The summed E-state index contributed by atoms with van der Waals surface area (Å²) in [5, 5.41) is 0. The monoisotopic (exact) mass is 377 g/mol. The zero-order valence-corrected chi connectivity index (χ0v) is 13.2. The van der Waals surface area contributed by atoms with E-state index in [-0.39, 0.29) is 13.0 Å². The van der Waals surface area contributed by atoms with E-state index in [0.717, 1.165) is 4.90 Å². The van der Waals surface area contributed by atoms with Crippen LogP contribution in [0.5, 0.6) is 0 Å². The molecule has 0 saturated carbocycles. The van der Waals surface area contributed by atoms with Gasteiger partial charge in [0, 0.05) is 12.0 Å². The third kappa shape index (κ3) is 8.88. The quantitative estimate of drug-likeness (QED) is 0.582. The third-order valence-electron chi connectivity index (χ3n) is 3.46. The molecule has 12 heteroatoms. The van der Waals surface area contributed by atoms with Gasteiger partial charge in [-0.2, -0.15) is 13.2 Å². The average molecular weight is 377 g/mol. The van der Waals surface area contributed by atoms with Crippen molar-refractivity contribution in [3.63, 3.8) is 0 Å². The van der Waals surface area contributed by atoms with Crippen molar-refractivity contribution in [1.29, 1.82) is 0 Å². The fourth-order valence-electron chi connectivity index (χ4n) is 2.51. The van der Waals surface area contributed by atoms with Crippen LogP contribution in [0.1, 0.15) is 32.6 Å². The second-order valence-corrected chi connectivity index (χ2v) is 6.08. The third-order valence-corrected chi connectivity index (χ3v) is 3.46. The molecular formula is C11H19F7NO3P. The zero-order valence-electron chi connectivity index (χ0n) is 12.2. The second kappa shape index (κ2) is 8.64. The van der Waals surface area contributed by atoms with Crippen LogP contribution in [0.25, 0.3) is 0 Å². The van der Waals surface area contributed by atoms with Crippen LogP contribution in [0.4, 0.5) is 30.7 Å². The van der Waals surface area contributed by atoms with Crippen molar-refractivity contribution in [2.75, 3.05) is 13.1 Å². The number of likely N-dealkylation sites (tertiary alicyclic amines) is 1. The molecule has 0 aromatic rings. The molecule has 0 aromatic carbocycles. The molecule has 140 valence electrons. The summed E-state index contributed by atoms with van der Waals surface area (Å²) in [6.07, 6.45) is -8.67. The summed E-state index contributed by atoms with van der Waals surface area (Å²) in [5.41, 5.74) is -1.55. The summed E-state index contributed by atoms with van der Waals surface area (Å²) in [6.45, 7) is -0.146. The van der Waals surface area contributed by atoms with Crippen LogP contribution in [-0.4, -0.2) is 51.8 Å². The molecule has 4 nitrogen and oxygen atoms in total. The van der Waals surface area contributed by atoms with E-state index < -0.39 is 45.3 Å². The van der Waals surface area contributed by atoms with E-state index in [2.05, 4.69) is 0 Å². The van der Waals surface area contributed by atoms with Crippen molar-refractivity contribution in [1.82, 2.24) is 4.90 Å². The maximum Gasteiger partial charge on any atom is 0.401 e. The minimum Gasteiger partial charge on any atom is -0.326 e. The number of rotatable bonds is 4. The minimum absolute atomic E-state index is 0.00463. The lowest BCUT2D eigenvalue weighted by atomic mass is 9.83. The number of halogens is 7. The van der Waals surface area contributed by atoms with Gasteiger partial charge in [0.1, 0.15) is 0 Å². The van der Waals surface area contributed by atoms with Gasteiger partial charge in [0.15, 0.2) is 0 Å². The highest BCUT2D eigenvalue weighted by molar-refractivity contribution is 7.30. The van der Waals surface area contributed by atoms with Gasteiger partial charge in [0.2, 0.25) is 0 Å². The van der Waals surface area contributed by atoms with Gasteiger partial charge in [-0.25, -0.2) is 17.6 Å². The smallest absolute Gasteiger partial charge is 0.326 e. The molecule has 2 N–H and O–H groups in total. The van der Waals surface area contributed by atoms with E-state index in [1.807, 2.05) is 0 Å². The molecule has 0 aliphatic carbocycles. The van der Waals surface area contributed by atoms with Crippen LogP contribution in [0.2, 0.25) is 0 Å². The highest BCUT2D eigenvalue weighted by atomic mass is 31.1. The SMILES string of the molecule is CC1(CC(F)(F)C(F)F)CCCCN1CC(F)(F)F.O=[PH](O)O. The molecule has 0 spiro atoms. The normalized spacial score (nSPS) is 23.8. The number of nitrogens with zero attached hydrogens (tertiary/aromatic N) is 1. The standard InChI is InChI=1S/C11H16F7N.H3O3P/c1-9(6-10(14,15)8(12)13)4-2-3-5-19(9)7-11(16,17)18;1-4(2)3/h8H,2-7H2,1H3;4H,(H2,1,2,3). The average Bonchev–Trinajstić information content (AvgIpc) is 2.29. The Morgan fingerprint density at radius 1 is 1.17 bits per heavy atom. The van der Waals surface area contributed by atoms with Crippen LogP contribution in [0, 0.1) is 0 Å². The van der Waals surface area contributed by atoms with E-state index >= 15 is 0 Å². The van der Waals surface area contributed by atoms with Crippen LogP contribution >= 0.6 is 8.25 Å². The highest BCUT2D eigenvalue weighted by Crippen LogP contribution is 2.40. The van der Waals surface area contributed by atoms with Crippen molar-refractivity contribution in [2.24, 2.45) is 0 Å². The molecule has 1 saturated heterocycles. The fourth-order valence-corrected chi connectivity index (χ4v) is 2.51.